The smallest absolute Gasteiger partial charge is 0.374 e. The number of oxime groups is 1. The summed E-state index contributed by atoms with van der Waals surface area (Å²) in [5.74, 6) is -0.892. The molecule has 0 radical (unpaired) electrons. The van der Waals surface area contributed by atoms with E-state index >= 15 is 0 Å². The number of nitrogens with one attached hydrogen (secondary N) is 1. The highest BCUT2D eigenvalue weighted by Crippen LogP contribution is 2.50. The number of halogens is 7. The SMILES string of the molecule is CS(=O)(=O)CCNC(=O)c1ccc(C2=NOC(c3cc(Cl)cc(C(F)(F)F)c3)(C(F)(F)F)C2)c2ccccc12. The maximum absolute atomic E-state index is 14.4. The van der Waals surface area contributed by atoms with Gasteiger partial charge < -0.3 is 10.2 Å². The second-order valence-corrected chi connectivity index (χ2v) is 11.6. The van der Waals surface area contributed by atoms with Crippen molar-refractivity contribution in [1.29, 1.82) is 0 Å². The number of nitrogens with zero attached hydrogens (tertiary/aromatic N) is 1. The molecule has 1 atom stereocenters. The van der Waals surface area contributed by atoms with E-state index in [1.807, 2.05) is 0 Å². The van der Waals surface area contributed by atoms with Gasteiger partial charge in [0.2, 0.25) is 0 Å². The minimum atomic E-state index is -5.18. The van der Waals surface area contributed by atoms with E-state index < -0.39 is 56.3 Å². The van der Waals surface area contributed by atoms with Crippen LogP contribution in [0.3, 0.4) is 0 Å². The van der Waals surface area contributed by atoms with Crippen molar-refractivity contribution in [3.05, 3.63) is 81.9 Å². The van der Waals surface area contributed by atoms with E-state index in [1.54, 1.807) is 18.2 Å². The molecule has 1 amide bonds. The van der Waals surface area contributed by atoms with Gasteiger partial charge in [0.1, 0.15) is 9.84 Å². The summed E-state index contributed by atoms with van der Waals surface area (Å²) in [5.41, 5.74) is -5.38. The molecule has 3 aromatic carbocycles. The van der Waals surface area contributed by atoms with Gasteiger partial charge in [0.25, 0.3) is 11.5 Å². The Labute approximate surface area is 223 Å². The monoisotopic (exact) mass is 592 g/mol. The van der Waals surface area contributed by atoms with Crippen LogP contribution in [0.2, 0.25) is 5.02 Å². The number of alkyl halides is 6. The van der Waals surface area contributed by atoms with Gasteiger partial charge in [-0.1, -0.05) is 47.1 Å². The first-order chi connectivity index (χ1) is 18.0. The molecule has 4 rings (SSSR count). The van der Waals surface area contributed by atoms with Crippen molar-refractivity contribution in [3.8, 4) is 0 Å². The van der Waals surface area contributed by atoms with Gasteiger partial charge in [0.15, 0.2) is 0 Å². The summed E-state index contributed by atoms with van der Waals surface area (Å²) in [6.07, 6.45) is -10.1. The van der Waals surface area contributed by atoms with Gasteiger partial charge in [-0.05, 0) is 35.0 Å². The summed E-state index contributed by atoms with van der Waals surface area (Å²) >= 11 is 5.75. The average molecular weight is 593 g/mol. The molecule has 0 saturated carbocycles. The lowest BCUT2D eigenvalue weighted by Crippen LogP contribution is -2.43. The summed E-state index contributed by atoms with van der Waals surface area (Å²) in [6.45, 7) is -0.151. The maximum Gasteiger partial charge on any atom is 0.435 e. The van der Waals surface area contributed by atoms with E-state index in [-0.39, 0.29) is 29.1 Å². The van der Waals surface area contributed by atoms with Crippen molar-refractivity contribution >= 4 is 43.8 Å². The highest BCUT2D eigenvalue weighted by Gasteiger charge is 2.62. The minimum Gasteiger partial charge on any atom is -0.374 e. The van der Waals surface area contributed by atoms with Crippen molar-refractivity contribution in [2.45, 2.75) is 24.4 Å². The highest BCUT2D eigenvalue weighted by molar-refractivity contribution is 7.90. The summed E-state index contributed by atoms with van der Waals surface area (Å²) in [7, 11) is -3.33. The van der Waals surface area contributed by atoms with Crippen LogP contribution in [0.1, 0.15) is 33.5 Å². The molecule has 0 aliphatic carbocycles. The third kappa shape index (κ3) is 5.83. The van der Waals surface area contributed by atoms with Crippen molar-refractivity contribution in [3.63, 3.8) is 0 Å². The molecule has 14 heteroatoms. The van der Waals surface area contributed by atoms with Crippen molar-refractivity contribution in [2.24, 2.45) is 5.16 Å². The molecule has 0 spiro atoms. The maximum atomic E-state index is 14.4. The number of sulfone groups is 1. The lowest BCUT2D eigenvalue weighted by atomic mass is 9.84. The second-order valence-electron chi connectivity index (χ2n) is 8.95. The molecule has 6 nitrogen and oxygen atoms in total. The van der Waals surface area contributed by atoms with E-state index in [1.165, 1.54) is 18.2 Å². The Morgan fingerprint density at radius 1 is 1.05 bits per heavy atom. The Kier molecular flexibility index (Phi) is 7.36. The molecule has 1 aliphatic rings. The van der Waals surface area contributed by atoms with Crippen LogP contribution in [0, 0.1) is 0 Å². The Morgan fingerprint density at radius 3 is 2.33 bits per heavy atom. The van der Waals surface area contributed by atoms with Crippen LogP contribution in [0.25, 0.3) is 10.8 Å². The van der Waals surface area contributed by atoms with Crippen molar-refractivity contribution in [1.82, 2.24) is 5.32 Å². The Bertz CT molecular complexity index is 1590. The van der Waals surface area contributed by atoms with E-state index in [0.717, 1.165) is 12.3 Å². The van der Waals surface area contributed by atoms with Crippen LogP contribution < -0.4 is 5.32 Å². The predicted octanol–water partition coefficient (Wildman–Crippen LogP) is 5.87. The normalized spacial score (nSPS) is 18.1. The fourth-order valence-corrected chi connectivity index (χ4v) is 4.94. The molecule has 0 fully saturated rings. The lowest BCUT2D eigenvalue weighted by Gasteiger charge is -2.30. The quantitative estimate of drug-likeness (QED) is 0.363. The van der Waals surface area contributed by atoms with Crippen LogP contribution in [0.15, 0.2) is 59.8 Å². The zero-order chi connectivity index (χ0) is 28.8. The fraction of sp³-hybridized carbons (Fsp3) is 0.280. The number of hydrogen-bond acceptors (Lipinski definition) is 5. The van der Waals surface area contributed by atoms with E-state index in [9.17, 15) is 39.6 Å². The van der Waals surface area contributed by atoms with Crippen LogP contribution >= 0.6 is 11.6 Å². The van der Waals surface area contributed by atoms with Gasteiger partial charge in [-0.2, -0.15) is 26.3 Å². The van der Waals surface area contributed by atoms with Crippen LogP contribution in [0.4, 0.5) is 26.3 Å². The molecule has 1 N–H and O–H groups in total. The number of carbonyl (C=O) groups excluding carboxylic acids is 1. The van der Waals surface area contributed by atoms with Gasteiger partial charge in [0, 0.05) is 40.9 Å². The number of hydrogen-bond donors (Lipinski definition) is 1. The van der Waals surface area contributed by atoms with Gasteiger partial charge in [0.05, 0.1) is 17.0 Å². The molecular weight excluding hydrogens is 574 g/mol. The van der Waals surface area contributed by atoms with E-state index in [2.05, 4.69) is 10.5 Å². The molecule has 1 aliphatic heterocycles. The number of fused-ring (bicyclic) bond motifs is 1. The van der Waals surface area contributed by atoms with Crippen molar-refractivity contribution < 1.29 is 44.4 Å². The number of carbonyl (C=O) groups is 1. The van der Waals surface area contributed by atoms with Gasteiger partial charge in [-0.25, -0.2) is 8.42 Å². The molecule has 0 saturated heterocycles. The Balaban J connectivity index is 1.73. The summed E-state index contributed by atoms with van der Waals surface area (Å²) < 4.78 is 106. The summed E-state index contributed by atoms with van der Waals surface area (Å²) in [5, 5.41) is 6.22. The van der Waals surface area contributed by atoms with Crippen LogP contribution in [-0.2, 0) is 26.5 Å². The number of rotatable bonds is 6. The van der Waals surface area contributed by atoms with Gasteiger partial charge >= 0.3 is 12.4 Å². The van der Waals surface area contributed by atoms with Crippen molar-refractivity contribution in [2.75, 3.05) is 18.6 Å². The van der Waals surface area contributed by atoms with E-state index in [0.29, 0.717) is 22.9 Å². The van der Waals surface area contributed by atoms with Crippen LogP contribution in [0.5, 0.6) is 0 Å². The first-order valence-corrected chi connectivity index (χ1v) is 13.6. The fourth-order valence-electron chi connectivity index (χ4n) is 4.23. The minimum absolute atomic E-state index is 0.133. The lowest BCUT2D eigenvalue weighted by molar-refractivity contribution is -0.276. The zero-order valence-electron chi connectivity index (χ0n) is 20.0. The number of amides is 1. The molecule has 3 aromatic rings. The molecule has 1 heterocycles. The van der Waals surface area contributed by atoms with Crippen LogP contribution in [-0.4, -0.2) is 44.8 Å². The third-order valence-corrected chi connectivity index (χ3v) is 7.28. The Hall–Kier alpha value is -3.32. The van der Waals surface area contributed by atoms with E-state index in [4.69, 9.17) is 16.4 Å². The predicted molar refractivity (Wildman–Crippen MR) is 132 cm³/mol. The standard InChI is InChI=1S/C25H19ClF6N2O4S/c1-39(36,37)9-8-33-22(35)20-7-6-19(17-4-2-3-5-18(17)20)21-13-23(38-34-21,25(30,31)32)14-10-15(24(27,28)29)12-16(26)11-14/h2-7,10-12H,8-9,13H2,1H3,(H,33,35). The molecule has 0 aromatic heterocycles. The first kappa shape index (κ1) is 28.7. The highest BCUT2D eigenvalue weighted by atomic mass is 35.5. The summed E-state index contributed by atoms with van der Waals surface area (Å²) in [6, 6.07) is 10.5. The topological polar surface area (TPSA) is 84.8 Å². The third-order valence-electron chi connectivity index (χ3n) is 6.12. The molecule has 1 unspecified atom stereocenters. The molecule has 208 valence electrons. The zero-order valence-corrected chi connectivity index (χ0v) is 21.5. The largest absolute Gasteiger partial charge is 0.435 e. The molecule has 0 bridgehead atoms. The van der Waals surface area contributed by atoms with Gasteiger partial charge in [-0.3, -0.25) is 4.79 Å². The molecular formula is C25H19ClF6N2O4S. The average Bonchev–Trinajstić information content (AvgIpc) is 3.28. The second kappa shape index (κ2) is 10.0. The first-order valence-electron chi connectivity index (χ1n) is 11.2. The molecule has 39 heavy (non-hydrogen) atoms. The summed E-state index contributed by atoms with van der Waals surface area (Å²) in [4.78, 5) is 17.6. The Morgan fingerprint density at radius 2 is 1.72 bits per heavy atom. The number of benzene rings is 3. The van der Waals surface area contributed by atoms with Gasteiger partial charge in [-0.15, -0.1) is 0 Å².